The van der Waals surface area contributed by atoms with Gasteiger partial charge in [0.05, 0.1) is 5.02 Å². The Labute approximate surface area is 106 Å². The highest BCUT2D eigenvalue weighted by molar-refractivity contribution is 7.13. The summed E-state index contributed by atoms with van der Waals surface area (Å²) in [5, 5.41) is 16.8. The lowest BCUT2D eigenvalue weighted by Gasteiger charge is -2.06. The van der Waals surface area contributed by atoms with Crippen LogP contribution in [0.1, 0.15) is 0 Å². The monoisotopic (exact) mass is 269 g/mol. The minimum Gasteiger partial charge on any atom is -0.506 e. The number of nitrogens with one attached hydrogen (secondary N) is 2. The predicted molar refractivity (Wildman–Crippen MR) is 67.9 cm³/mol. The third-order valence-electron chi connectivity index (χ3n) is 1.86. The second-order valence-corrected chi connectivity index (χ2v) is 4.38. The highest BCUT2D eigenvalue weighted by atomic mass is 35.5. The summed E-state index contributed by atoms with van der Waals surface area (Å²) in [5.41, 5.74) is 0.488. The number of anilines is 2. The molecule has 0 saturated heterocycles. The number of hydrogen-bond acceptors (Lipinski definition) is 4. The summed E-state index contributed by atoms with van der Waals surface area (Å²) in [5.74, 6) is -0.0300. The number of aromatic hydroxyl groups is 1. The molecule has 2 aromatic rings. The largest absolute Gasteiger partial charge is 0.506 e. The zero-order valence-electron chi connectivity index (χ0n) is 8.48. The minimum absolute atomic E-state index is 0.0300. The van der Waals surface area contributed by atoms with Gasteiger partial charge in [0.15, 0.2) is 5.13 Å². The fraction of sp³-hybridized carbons (Fsp3) is 0. The Kier molecular flexibility index (Phi) is 3.46. The van der Waals surface area contributed by atoms with Gasteiger partial charge in [0.2, 0.25) is 0 Å². The number of benzene rings is 1. The summed E-state index contributed by atoms with van der Waals surface area (Å²) in [7, 11) is 0. The lowest BCUT2D eigenvalue weighted by atomic mass is 10.3. The number of phenols is 1. The molecule has 3 N–H and O–H groups in total. The molecule has 17 heavy (non-hydrogen) atoms. The molecule has 0 aliphatic heterocycles. The van der Waals surface area contributed by atoms with Crippen LogP contribution in [0.25, 0.3) is 0 Å². The SMILES string of the molecule is O=C(Nc1ccc(O)c(Cl)c1)Nc1nccs1. The first kappa shape index (κ1) is 11.7. The molecular weight excluding hydrogens is 262 g/mol. The molecule has 2 rings (SSSR count). The molecule has 88 valence electrons. The molecule has 0 unspecified atom stereocenters. The van der Waals surface area contributed by atoms with E-state index in [1.165, 1.54) is 23.5 Å². The summed E-state index contributed by atoms with van der Waals surface area (Å²) in [6, 6.07) is 3.99. The van der Waals surface area contributed by atoms with Gasteiger partial charge in [-0.2, -0.15) is 0 Å². The van der Waals surface area contributed by atoms with E-state index < -0.39 is 6.03 Å². The molecule has 0 bridgehead atoms. The number of aromatic nitrogens is 1. The van der Waals surface area contributed by atoms with Gasteiger partial charge >= 0.3 is 6.03 Å². The molecule has 5 nitrogen and oxygen atoms in total. The van der Waals surface area contributed by atoms with Crippen LogP contribution in [0.15, 0.2) is 29.8 Å². The smallest absolute Gasteiger partial charge is 0.325 e. The highest BCUT2D eigenvalue weighted by Crippen LogP contribution is 2.26. The summed E-state index contributed by atoms with van der Waals surface area (Å²) in [4.78, 5) is 15.4. The van der Waals surface area contributed by atoms with Crippen molar-refractivity contribution in [2.24, 2.45) is 0 Å². The van der Waals surface area contributed by atoms with Crippen LogP contribution in [0, 0.1) is 0 Å². The number of rotatable bonds is 2. The Bertz CT molecular complexity index is 530. The van der Waals surface area contributed by atoms with E-state index in [-0.39, 0.29) is 10.8 Å². The number of halogens is 1. The zero-order chi connectivity index (χ0) is 12.3. The Morgan fingerprint density at radius 2 is 2.24 bits per heavy atom. The average molecular weight is 270 g/mol. The van der Waals surface area contributed by atoms with Gasteiger partial charge in [0, 0.05) is 17.3 Å². The second-order valence-electron chi connectivity index (χ2n) is 3.08. The molecular formula is C10H8ClN3O2S. The number of nitrogens with zero attached hydrogens (tertiary/aromatic N) is 1. The van der Waals surface area contributed by atoms with E-state index in [0.29, 0.717) is 10.8 Å². The van der Waals surface area contributed by atoms with E-state index in [9.17, 15) is 9.90 Å². The van der Waals surface area contributed by atoms with Gasteiger partial charge in [-0.05, 0) is 18.2 Å². The molecule has 7 heteroatoms. The molecule has 0 saturated carbocycles. The first-order chi connectivity index (χ1) is 8.15. The number of carbonyl (C=O) groups excluding carboxylic acids is 1. The van der Waals surface area contributed by atoms with Crippen LogP contribution in [0.5, 0.6) is 5.75 Å². The minimum atomic E-state index is -0.415. The fourth-order valence-electron chi connectivity index (χ4n) is 1.13. The molecule has 1 aromatic carbocycles. The van der Waals surface area contributed by atoms with Crippen molar-refractivity contribution in [1.29, 1.82) is 0 Å². The Balaban J connectivity index is 2.00. The van der Waals surface area contributed by atoms with Gasteiger partial charge in [-0.1, -0.05) is 11.6 Å². The van der Waals surface area contributed by atoms with Crippen molar-refractivity contribution in [1.82, 2.24) is 4.98 Å². The van der Waals surface area contributed by atoms with Crippen LogP contribution in [-0.2, 0) is 0 Å². The normalized spacial score (nSPS) is 9.94. The summed E-state index contributed by atoms with van der Waals surface area (Å²) < 4.78 is 0. The highest BCUT2D eigenvalue weighted by Gasteiger charge is 2.05. The average Bonchev–Trinajstić information content (AvgIpc) is 2.76. The van der Waals surface area contributed by atoms with E-state index in [0.717, 1.165) is 0 Å². The second kappa shape index (κ2) is 5.03. The van der Waals surface area contributed by atoms with Crippen molar-refractivity contribution in [3.8, 4) is 5.75 Å². The Morgan fingerprint density at radius 1 is 1.41 bits per heavy atom. The quantitative estimate of drug-likeness (QED) is 0.733. The molecule has 2 amide bonds. The molecule has 0 aliphatic rings. The van der Waals surface area contributed by atoms with Gasteiger partial charge in [-0.25, -0.2) is 9.78 Å². The summed E-state index contributed by atoms with van der Waals surface area (Å²) >= 11 is 7.03. The maximum atomic E-state index is 11.5. The molecule has 0 spiro atoms. The van der Waals surface area contributed by atoms with E-state index >= 15 is 0 Å². The van der Waals surface area contributed by atoms with Crippen LogP contribution in [0.4, 0.5) is 15.6 Å². The number of hydrogen-bond donors (Lipinski definition) is 3. The van der Waals surface area contributed by atoms with Crippen LogP contribution in [0.3, 0.4) is 0 Å². The third-order valence-corrected chi connectivity index (χ3v) is 2.85. The van der Waals surface area contributed by atoms with Gasteiger partial charge in [-0.3, -0.25) is 5.32 Å². The van der Waals surface area contributed by atoms with Gasteiger partial charge in [0.25, 0.3) is 0 Å². The van der Waals surface area contributed by atoms with E-state index in [1.54, 1.807) is 17.6 Å². The predicted octanol–water partition coefficient (Wildman–Crippen LogP) is 3.15. The summed E-state index contributed by atoms with van der Waals surface area (Å²) in [6.45, 7) is 0. The summed E-state index contributed by atoms with van der Waals surface area (Å²) in [6.07, 6.45) is 1.59. The number of amides is 2. The number of carbonyl (C=O) groups is 1. The Morgan fingerprint density at radius 3 is 2.88 bits per heavy atom. The molecule has 0 atom stereocenters. The van der Waals surface area contributed by atoms with E-state index in [1.807, 2.05) is 0 Å². The van der Waals surface area contributed by atoms with Crippen LogP contribution < -0.4 is 10.6 Å². The maximum Gasteiger partial charge on any atom is 0.325 e. The number of thiazole rings is 1. The van der Waals surface area contributed by atoms with Crippen molar-refractivity contribution < 1.29 is 9.90 Å². The molecule has 0 radical (unpaired) electrons. The lowest BCUT2D eigenvalue weighted by molar-refractivity contribution is 0.262. The first-order valence-corrected chi connectivity index (χ1v) is 5.87. The zero-order valence-corrected chi connectivity index (χ0v) is 10.0. The van der Waals surface area contributed by atoms with E-state index in [2.05, 4.69) is 15.6 Å². The van der Waals surface area contributed by atoms with Crippen LogP contribution in [-0.4, -0.2) is 16.1 Å². The van der Waals surface area contributed by atoms with Crippen molar-refractivity contribution in [2.45, 2.75) is 0 Å². The molecule has 1 aromatic heterocycles. The van der Waals surface area contributed by atoms with Crippen molar-refractivity contribution >= 4 is 39.8 Å². The molecule has 0 aliphatic carbocycles. The fourth-order valence-corrected chi connectivity index (χ4v) is 1.83. The van der Waals surface area contributed by atoms with Crippen molar-refractivity contribution in [3.05, 3.63) is 34.8 Å². The van der Waals surface area contributed by atoms with Gasteiger partial charge in [-0.15, -0.1) is 11.3 Å². The van der Waals surface area contributed by atoms with Crippen molar-refractivity contribution in [3.63, 3.8) is 0 Å². The standard InChI is InChI=1S/C10H8ClN3O2S/c11-7-5-6(1-2-8(7)15)13-9(16)14-10-12-3-4-17-10/h1-5,15H,(H2,12,13,14,16). The lowest BCUT2D eigenvalue weighted by Crippen LogP contribution is -2.19. The van der Waals surface area contributed by atoms with Crippen LogP contribution in [0.2, 0.25) is 5.02 Å². The molecule has 0 fully saturated rings. The molecule has 1 heterocycles. The number of phenolic OH excluding ortho intramolecular Hbond substituents is 1. The Hall–Kier alpha value is -1.79. The maximum absolute atomic E-state index is 11.5. The number of urea groups is 1. The van der Waals surface area contributed by atoms with E-state index in [4.69, 9.17) is 11.6 Å². The van der Waals surface area contributed by atoms with Crippen LogP contribution >= 0.6 is 22.9 Å². The third kappa shape index (κ3) is 3.08. The first-order valence-electron chi connectivity index (χ1n) is 4.61. The van der Waals surface area contributed by atoms with Crippen molar-refractivity contribution in [2.75, 3.05) is 10.6 Å². The topological polar surface area (TPSA) is 74.2 Å². The van der Waals surface area contributed by atoms with Gasteiger partial charge in [0.1, 0.15) is 5.75 Å². The van der Waals surface area contributed by atoms with Gasteiger partial charge < -0.3 is 10.4 Å².